The van der Waals surface area contributed by atoms with Gasteiger partial charge in [-0.3, -0.25) is 0 Å². The van der Waals surface area contributed by atoms with Crippen LogP contribution >= 0.6 is 0 Å². The molecular formula is C12H10O4. The fourth-order valence-electron chi connectivity index (χ4n) is 1.62. The molecule has 0 aromatic heterocycles. The molecule has 0 atom stereocenters. The average molecular weight is 218 g/mol. The van der Waals surface area contributed by atoms with Gasteiger partial charge >= 0.3 is 11.9 Å². The first-order valence-electron chi connectivity index (χ1n) is 4.77. The van der Waals surface area contributed by atoms with E-state index in [1.54, 1.807) is 12.1 Å². The number of aliphatic carboxylic acids is 1. The Bertz CT molecular complexity index is 526. The summed E-state index contributed by atoms with van der Waals surface area (Å²) in [7, 11) is 0. The summed E-state index contributed by atoms with van der Waals surface area (Å²) in [4.78, 5) is 22.0. The van der Waals surface area contributed by atoms with E-state index in [2.05, 4.69) is 0 Å². The van der Waals surface area contributed by atoms with Gasteiger partial charge in [0.05, 0.1) is 11.6 Å². The number of esters is 1. The number of hydrogen-bond acceptors (Lipinski definition) is 3. The Morgan fingerprint density at radius 3 is 2.38 bits per heavy atom. The quantitative estimate of drug-likeness (QED) is 0.577. The van der Waals surface area contributed by atoms with Crippen molar-refractivity contribution in [3.05, 3.63) is 40.5 Å². The molecule has 0 bridgehead atoms. The van der Waals surface area contributed by atoms with Crippen molar-refractivity contribution in [2.45, 2.75) is 13.8 Å². The van der Waals surface area contributed by atoms with E-state index < -0.39 is 11.9 Å². The van der Waals surface area contributed by atoms with Crippen molar-refractivity contribution in [1.29, 1.82) is 0 Å². The Labute approximate surface area is 92.2 Å². The molecule has 82 valence electrons. The highest BCUT2D eigenvalue weighted by molar-refractivity contribution is 6.06. The number of hydrogen-bond donors (Lipinski definition) is 1. The summed E-state index contributed by atoms with van der Waals surface area (Å²) in [6.07, 6.45) is 0.901. The van der Waals surface area contributed by atoms with Gasteiger partial charge in [-0.05, 0) is 37.1 Å². The van der Waals surface area contributed by atoms with E-state index in [0.717, 1.165) is 17.2 Å². The minimum absolute atomic E-state index is 0.107. The number of ether oxygens (including phenoxy) is 1. The lowest BCUT2D eigenvalue weighted by Crippen LogP contribution is -1.95. The number of carbonyl (C=O) groups is 2. The minimum atomic E-state index is -1.13. The average Bonchev–Trinajstić information content (AvgIpc) is 2.44. The van der Waals surface area contributed by atoms with E-state index in [0.29, 0.717) is 11.1 Å². The van der Waals surface area contributed by atoms with Crippen LogP contribution in [0.3, 0.4) is 0 Å². The standard InChI is InChI=1S/C12H10O4/c1-6-3-8-9(4-7(6)2)12(15)16-10(8)5-11(13)14/h3-5H,1-2H3,(H,13,14)/b10-5+. The molecule has 0 saturated carbocycles. The third-order valence-corrected chi connectivity index (χ3v) is 2.58. The molecule has 4 heteroatoms. The number of carbonyl (C=O) groups excluding carboxylic acids is 1. The van der Waals surface area contributed by atoms with Crippen LogP contribution in [0, 0.1) is 13.8 Å². The van der Waals surface area contributed by atoms with Gasteiger partial charge in [0.2, 0.25) is 0 Å². The summed E-state index contributed by atoms with van der Waals surface area (Å²) in [6.45, 7) is 3.79. The Hall–Kier alpha value is -2.10. The number of aryl methyl sites for hydroxylation is 2. The maximum Gasteiger partial charge on any atom is 0.344 e. The molecule has 0 unspecified atom stereocenters. The molecule has 0 radical (unpaired) electrons. The molecule has 1 N–H and O–H groups in total. The maximum atomic E-state index is 11.5. The van der Waals surface area contributed by atoms with Gasteiger partial charge in [-0.1, -0.05) is 0 Å². The van der Waals surface area contributed by atoms with E-state index in [1.807, 2.05) is 13.8 Å². The Morgan fingerprint density at radius 2 is 1.81 bits per heavy atom. The molecule has 16 heavy (non-hydrogen) atoms. The largest absolute Gasteiger partial charge is 0.478 e. The SMILES string of the molecule is Cc1cc2c(cc1C)/C(=C\C(=O)O)OC2=O. The molecule has 1 aromatic rings. The van der Waals surface area contributed by atoms with Crippen molar-refractivity contribution in [3.8, 4) is 0 Å². The van der Waals surface area contributed by atoms with E-state index in [4.69, 9.17) is 9.84 Å². The van der Waals surface area contributed by atoms with Gasteiger partial charge in [0.1, 0.15) is 5.76 Å². The topological polar surface area (TPSA) is 63.6 Å². The number of cyclic esters (lactones) is 1. The van der Waals surface area contributed by atoms with Crippen molar-refractivity contribution < 1.29 is 19.4 Å². The highest BCUT2D eigenvalue weighted by Crippen LogP contribution is 2.31. The summed E-state index contributed by atoms with van der Waals surface area (Å²) in [5.41, 5.74) is 2.95. The molecule has 2 rings (SSSR count). The first-order chi connectivity index (χ1) is 7.49. The van der Waals surface area contributed by atoms with Crippen LogP contribution in [0.15, 0.2) is 18.2 Å². The lowest BCUT2D eigenvalue weighted by molar-refractivity contribution is -0.131. The molecule has 0 aliphatic carbocycles. The molecule has 0 spiro atoms. The number of benzene rings is 1. The molecule has 4 nitrogen and oxygen atoms in total. The van der Waals surface area contributed by atoms with E-state index >= 15 is 0 Å². The fraction of sp³-hybridized carbons (Fsp3) is 0.167. The first kappa shape index (κ1) is 10.4. The Morgan fingerprint density at radius 1 is 1.25 bits per heavy atom. The number of carboxylic acids is 1. The summed E-state index contributed by atoms with van der Waals surface area (Å²) in [6, 6.07) is 3.49. The molecule has 1 aliphatic rings. The minimum Gasteiger partial charge on any atom is -0.478 e. The summed E-state index contributed by atoms with van der Waals surface area (Å²) >= 11 is 0. The molecule has 0 fully saturated rings. The smallest absolute Gasteiger partial charge is 0.344 e. The monoisotopic (exact) mass is 218 g/mol. The zero-order chi connectivity index (χ0) is 11.9. The Balaban J connectivity index is 2.62. The van der Waals surface area contributed by atoms with Crippen LogP contribution in [0.25, 0.3) is 5.76 Å². The van der Waals surface area contributed by atoms with E-state index in [1.165, 1.54) is 0 Å². The van der Waals surface area contributed by atoms with Gasteiger partial charge < -0.3 is 9.84 Å². The second-order valence-corrected chi connectivity index (χ2v) is 3.72. The fourth-order valence-corrected chi connectivity index (χ4v) is 1.62. The van der Waals surface area contributed by atoms with Crippen molar-refractivity contribution in [1.82, 2.24) is 0 Å². The van der Waals surface area contributed by atoms with Crippen LogP contribution in [-0.2, 0) is 9.53 Å². The molecular weight excluding hydrogens is 208 g/mol. The number of rotatable bonds is 1. The van der Waals surface area contributed by atoms with Gasteiger partial charge in [0, 0.05) is 5.56 Å². The summed E-state index contributed by atoms with van der Waals surface area (Å²) in [5.74, 6) is -1.52. The van der Waals surface area contributed by atoms with E-state index in [9.17, 15) is 9.59 Å². The van der Waals surface area contributed by atoms with Gasteiger partial charge in [0.25, 0.3) is 0 Å². The van der Waals surface area contributed by atoms with Gasteiger partial charge in [-0.25, -0.2) is 9.59 Å². The van der Waals surface area contributed by atoms with Crippen LogP contribution < -0.4 is 0 Å². The first-order valence-corrected chi connectivity index (χ1v) is 4.77. The molecule has 0 saturated heterocycles. The Kier molecular flexibility index (Phi) is 2.27. The zero-order valence-corrected chi connectivity index (χ0v) is 8.90. The van der Waals surface area contributed by atoms with Crippen LogP contribution in [0.5, 0.6) is 0 Å². The van der Waals surface area contributed by atoms with E-state index in [-0.39, 0.29) is 5.76 Å². The van der Waals surface area contributed by atoms with Crippen molar-refractivity contribution in [2.75, 3.05) is 0 Å². The second kappa shape index (κ2) is 3.48. The third-order valence-electron chi connectivity index (χ3n) is 2.58. The van der Waals surface area contributed by atoms with Crippen molar-refractivity contribution in [2.24, 2.45) is 0 Å². The third kappa shape index (κ3) is 1.58. The number of carboxylic acid groups (broad SMARTS) is 1. The lowest BCUT2D eigenvalue weighted by Gasteiger charge is -2.01. The highest BCUT2D eigenvalue weighted by atomic mass is 16.5. The van der Waals surface area contributed by atoms with Crippen LogP contribution in [-0.4, -0.2) is 17.0 Å². The second-order valence-electron chi connectivity index (χ2n) is 3.72. The van der Waals surface area contributed by atoms with Crippen LogP contribution in [0.2, 0.25) is 0 Å². The van der Waals surface area contributed by atoms with Gasteiger partial charge in [-0.15, -0.1) is 0 Å². The molecule has 1 aliphatic heterocycles. The maximum absolute atomic E-state index is 11.5. The van der Waals surface area contributed by atoms with Gasteiger partial charge in [0.15, 0.2) is 0 Å². The molecule has 1 heterocycles. The molecule has 0 amide bonds. The van der Waals surface area contributed by atoms with Crippen LogP contribution in [0.4, 0.5) is 0 Å². The van der Waals surface area contributed by atoms with Crippen LogP contribution in [0.1, 0.15) is 27.0 Å². The van der Waals surface area contributed by atoms with Crippen molar-refractivity contribution >= 4 is 17.7 Å². The normalized spacial score (nSPS) is 16.1. The highest BCUT2D eigenvalue weighted by Gasteiger charge is 2.27. The number of fused-ring (bicyclic) bond motifs is 1. The van der Waals surface area contributed by atoms with Gasteiger partial charge in [-0.2, -0.15) is 0 Å². The lowest BCUT2D eigenvalue weighted by atomic mass is 10.0. The summed E-state index contributed by atoms with van der Waals surface area (Å²) < 4.78 is 4.89. The predicted molar refractivity (Wildman–Crippen MR) is 56.9 cm³/mol. The molecule has 1 aromatic carbocycles. The zero-order valence-electron chi connectivity index (χ0n) is 8.90. The predicted octanol–water partition coefficient (Wildman–Crippen LogP) is 1.90. The van der Waals surface area contributed by atoms with Crippen molar-refractivity contribution in [3.63, 3.8) is 0 Å². The summed E-state index contributed by atoms with van der Waals surface area (Å²) in [5, 5.41) is 8.64.